The van der Waals surface area contributed by atoms with Crippen LogP contribution in [0.1, 0.15) is 26.3 Å². The number of methoxy groups -OCH3 is 1. The minimum atomic E-state index is -0.422. The molecule has 0 spiro atoms. The SMILES string of the molecule is COc1ccc(C(=O)NNC(=S)NC(=O)c2cccc(OCCc3ccccc3)c2)cc1I. The minimum absolute atomic E-state index is 0.0352. The fourth-order valence-corrected chi connectivity index (χ4v) is 3.74. The highest BCUT2D eigenvalue weighted by Gasteiger charge is 2.12. The van der Waals surface area contributed by atoms with Gasteiger partial charge in [0.25, 0.3) is 11.8 Å². The van der Waals surface area contributed by atoms with Gasteiger partial charge in [-0.05, 0) is 76.8 Å². The maximum Gasteiger partial charge on any atom is 0.269 e. The fraction of sp³-hybridized carbons (Fsp3) is 0.125. The second kappa shape index (κ2) is 12.2. The molecule has 0 atom stereocenters. The van der Waals surface area contributed by atoms with E-state index in [1.54, 1.807) is 49.6 Å². The Morgan fingerprint density at radius 3 is 2.39 bits per heavy atom. The van der Waals surface area contributed by atoms with Crippen LogP contribution in [-0.2, 0) is 6.42 Å². The van der Waals surface area contributed by atoms with Crippen molar-refractivity contribution in [3.8, 4) is 11.5 Å². The Hall–Kier alpha value is -3.18. The van der Waals surface area contributed by atoms with Crippen LogP contribution in [0.5, 0.6) is 11.5 Å². The number of hydrazine groups is 1. The van der Waals surface area contributed by atoms with Crippen LogP contribution >= 0.6 is 34.8 Å². The van der Waals surface area contributed by atoms with Gasteiger partial charge in [0, 0.05) is 17.5 Å². The van der Waals surface area contributed by atoms with Gasteiger partial charge in [-0.2, -0.15) is 0 Å². The first-order chi connectivity index (χ1) is 16.0. The first kappa shape index (κ1) is 24.5. The third kappa shape index (κ3) is 7.43. The summed E-state index contributed by atoms with van der Waals surface area (Å²) in [6.45, 7) is 0.491. The zero-order valence-corrected chi connectivity index (χ0v) is 20.7. The molecule has 0 aliphatic heterocycles. The topological polar surface area (TPSA) is 88.7 Å². The van der Waals surface area contributed by atoms with Crippen molar-refractivity contribution in [3.05, 3.63) is 93.1 Å². The third-order valence-corrected chi connectivity index (χ3v) is 5.58. The third-order valence-electron chi connectivity index (χ3n) is 4.53. The van der Waals surface area contributed by atoms with Crippen molar-refractivity contribution < 1.29 is 19.1 Å². The molecule has 0 fully saturated rings. The van der Waals surface area contributed by atoms with Crippen LogP contribution in [0.15, 0.2) is 72.8 Å². The quantitative estimate of drug-likeness (QED) is 0.225. The monoisotopic (exact) mass is 575 g/mol. The Morgan fingerprint density at radius 2 is 1.67 bits per heavy atom. The number of amides is 2. The number of carbonyl (C=O) groups excluding carboxylic acids is 2. The smallest absolute Gasteiger partial charge is 0.269 e. The van der Waals surface area contributed by atoms with Crippen molar-refractivity contribution in [2.24, 2.45) is 0 Å². The summed E-state index contributed by atoms with van der Waals surface area (Å²) in [5.41, 5.74) is 6.97. The second-order valence-corrected chi connectivity index (χ2v) is 8.39. The molecular weight excluding hydrogens is 553 g/mol. The van der Waals surface area contributed by atoms with E-state index < -0.39 is 11.8 Å². The fourth-order valence-electron chi connectivity index (χ4n) is 2.86. The summed E-state index contributed by atoms with van der Waals surface area (Å²) in [5.74, 6) is 0.435. The van der Waals surface area contributed by atoms with Crippen LogP contribution in [0.4, 0.5) is 0 Å². The number of thiocarbonyl (C=S) groups is 1. The number of carbonyl (C=O) groups is 2. The molecule has 0 heterocycles. The first-order valence-corrected chi connectivity index (χ1v) is 11.5. The predicted molar refractivity (Wildman–Crippen MR) is 138 cm³/mol. The van der Waals surface area contributed by atoms with E-state index in [0.29, 0.717) is 29.2 Å². The highest BCUT2D eigenvalue weighted by molar-refractivity contribution is 14.1. The maximum atomic E-state index is 12.5. The van der Waals surface area contributed by atoms with E-state index >= 15 is 0 Å². The van der Waals surface area contributed by atoms with Gasteiger partial charge in [-0.3, -0.25) is 25.8 Å². The number of hydrogen-bond donors (Lipinski definition) is 3. The van der Waals surface area contributed by atoms with Crippen LogP contribution in [0, 0.1) is 3.57 Å². The largest absolute Gasteiger partial charge is 0.496 e. The van der Waals surface area contributed by atoms with E-state index in [-0.39, 0.29) is 5.11 Å². The van der Waals surface area contributed by atoms with Crippen molar-refractivity contribution >= 4 is 51.7 Å². The predicted octanol–water partition coefficient (Wildman–Crippen LogP) is 3.87. The van der Waals surface area contributed by atoms with Gasteiger partial charge in [0.2, 0.25) is 0 Å². The molecule has 0 aliphatic rings. The van der Waals surface area contributed by atoms with Crippen LogP contribution in [0.3, 0.4) is 0 Å². The molecule has 0 bridgehead atoms. The molecule has 0 radical (unpaired) electrons. The Kier molecular flexibility index (Phi) is 9.02. The average molecular weight is 575 g/mol. The summed E-state index contributed by atoms with van der Waals surface area (Å²) < 4.78 is 11.7. The number of benzene rings is 3. The van der Waals surface area contributed by atoms with Gasteiger partial charge in [0.1, 0.15) is 11.5 Å². The van der Waals surface area contributed by atoms with Crippen LogP contribution in [0.2, 0.25) is 0 Å². The summed E-state index contributed by atoms with van der Waals surface area (Å²) in [5, 5.41) is 2.50. The molecule has 0 aromatic heterocycles. The molecule has 0 unspecified atom stereocenters. The van der Waals surface area contributed by atoms with Gasteiger partial charge in [0.05, 0.1) is 17.3 Å². The standard InChI is InChI=1S/C24H22IN3O4S/c1-31-21-11-10-18(15-20(21)25)23(30)27-28-24(33)26-22(29)17-8-5-9-19(14-17)32-13-12-16-6-3-2-4-7-16/h2-11,14-15H,12-13H2,1H3,(H,27,30)(H2,26,28,29,33). The summed E-state index contributed by atoms with van der Waals surface area (Å²) in [4.78, 5) is 24.8. The Labute approximate surface area is 211 Å². The number of nitrogens with one attached hydrogen (secondary N) is 3. The van der Waals surface area contributed by atoms with E-state index in [0.717, 1.165) is 9.99 Å². The Bertz CT molecular complexity index is 1140. The van der Waals surface area contributed by atoms with Gasteiger partial charge in [-0.15, -0.1) is 0 Å². The molecule has 3 N–H and O–H groups in total. The molecule has 0 saturated carbocycles. The minimum Gasteiger partial charge on any atom is -0.496 e. The Balaban J connectivity index is 1.48. The van der Waals surface area contributed by atoms with Crippen molar-refractivity contribution in [1.82, 2.24) is 16.2 Å². The lowest BCUT2D eigenvalue weighted by Crippen LogP contribution is -2.48. The van der Waals surface area contributed by atoms with Crippen molar-refractivity contribution in [1.29, 1.82) is 0 Å². The van der Waals surface area contributed by atoms with Gasteiger partial charge in [0.15, 0.2) is 5.11 Å². The molecule has 3 aromatic rings. The molecule has 0 aliphatic carbocycles. The highest BCUT2D eigenvalue weighted by Crippen LogP contribution is 2.21. The number of hydrogen-bond acceptors (Lipinski definition) is 5. The summed E-state index contributed by atoms with van der Waals surface area (Å²) in [6.07, 6.45) is 0.762. The zero-order valence-electron chi connectivity index (χ0n) is 17.8. The molecule has 3 rings (SSSR count). The molecule has 0 saturated heterocycles. The highest BCUT2D eigenvalue weighted by atomic mass is 127. The Morgan fingerprint density at radius 1 is 0.909 bits per heavy atom. The lowest BCUT2D eigenvalue weighted by atomic mass is 10.2. The molecule has 7 nitrogen and oxygen atoms in total. The number of rotatable bonds is 7. The van der Waals surface area contributed by atoms with Crippen LogP contribution < -0.4 is 25.6 Å². The zero-order chi connectivity index (χ0) is 23.6. The molecular formula is C24H22IN3O4S. The normalized spacial score (nSPS) is 10.1. The summed E-state index contributed by atoms with van der Waals surface area (Å²) in [7, 11) is 1.56. The van der Waals surface area contributed by atoms with Crippen LogP contribution in [-0.4, -0.2) is 30.6 Å². The van der Waals surface area contributed by atoms with E-state index in [4.69, 9.17) is 21.7 Å². The van der Waals surface area contributed by atoms with Gasteiger partial charge >= 0.3 is 0 Å². The van der Waals surface area contributed by atoms with E-state index in [1.807, 2.05) is 30.3 Å². The number of ether oxygens (including phenoxy) is 2. The van der Waals surface area contributed by atoms with Crippen molar-refractivity contribution in [3.63, 3.8) is 0 Å². The number of halogens is 1. The molecule has 33 heavy (non-hydrogen) atoms. The van der Waals surface area contributed by atoms with Gasteiger partial charge in [-0.25, -0.2) is 0 Å². The van der Waals surface area contributed by atoms with E-state index in [9.17, 15) is 9.59 Å². The maximum absolute atomic E-state index is 12.5. The van der Waals surface area contributed by atoms with Crippen molar-refractivity contribution in [2.45, 2.75) is 6.42 Å². The van der Waals surface area contributed by atoms with Crippen LogP contribution in [0.25, 0.3) is 0 Å². The summed E-state index contributed by atoms with van der Waals surface area (Å²) >= 11 is 7.19. The lowest BCUT2D eigenvalue weighted by Gasteiger charge is -2.12. The van der Waals surface area contributed by atoms with Crippen molar-refractivity contribution in [2.75, 3.05) is 13.7 Å². The lowest BCUT2D eigenvalue weighted by molar-refractivity contribution is 0.0934. The molecule has 9 heteroatoms. The average Bonchev–Trinajstić information content (AvgIpc) is 2.83. The molecule has 170 valence electrons. The molecule has 2 amide bonds. The van der Waals surface area contributed by atoms with Gasteiger partial charge < -0.3 is 9.47 Å². The van der Waals surface area contributed by atoms with E-state index in [1.165, 1.54) is 5.56 Å². The van der Waals surface area contributed by atoms with Gasteiger partial charge in [-0.1, -0.05) is 36.4 Å². The van der Waals surface area contributed by atoms with E-state index in [2.05, 4.69) is 38.8 Å². The second-order valence-electron chi connectivity index (χ2n) is 6.82. The first-order valence-electron chi connectivity index (χ1n) is 9.98. The summed E-state index contributed by atoms with van der Waals surface area (Å²) in [6, 6.07) is 21.8. The molecule has 3 aromatic carbocycles.